The van der Waals surface area contributed by atoms with E-state index in [0.717, 1.165) is 43.9 Å². The highest BCUT2D eigenvalue weighted by Crippen LogP contribution is 2.18. The largest absolute Gasteiger partial charge is 0.493 e. The zero-order valence-corrected chi connectivity index (χ0v) is 13.7. The summed E-state index contributed by atoms with van der Waals surface area (Å²) in [5, 5.41) is 0. The van der Waals surface area contributed by atoms with Crippen LogP contribution in [-0.4, -0.2) is 60.7 Å². The molecular weight excluding hydrogens is 282 g/mol. The Bertz CT molecular complexity index is 480. The maximum atomic E-state index is 5.84. The van der Waals surface area contributed by atoms with Gasteiger partial charge in [-0.05, 0) is 32.5 Å². The third-order valence-electron chi connectivity index (χ3n) is 3.97. The molecule has 1 heterocycles. The smallest absolute Gasteiger partial charge is 0.129 e. The summed E-state index contributed by atoms with van der Waals surface area (Å²) in [7, 11) is 2.18. The Hall–Kier alpha value is -1.17. The molecule has 0 saturated carbocycles. The molecule has 1 aliphatic rings. The predicted molar refractivity (Wildman–Crippen MR) is 91.0 cm³/mol. The van der Waals surface area contributed by atoms with Crippen molar-refractivity contribution in [2.45, 2.75) is 19.4 Å². The molecule has 5 heteroatoms. The van der Waals surface area contributed by atoms with Gasteiger partial charge in [-0.2, -0.15) is 0 Å². The molecule has 1 atom stereocenters. The van der Waals surface area contributed by atoms with Crippen LogP contribution in [0.5, 0.6) is 5.75 Å². The number of likely N-dealkylation sites (N-methyl/N-ethyl adjacent to an activating group) is 1. The van der Waals surface area contributed by atoms with Crippen LogP contribution in [0.3, 0.4) is 0 Å². The van der Waals surface area contributed by atoms with Crippen LogP contribution in [0.1, 0.15) is 18.9 Å². The fourth-order valence-electron chi connectivity index (χ4n) is 2.76. The molecule has 1 aromatic carbocycles. The number of ether oxygens (including phenoxy) is 1. The van der Waals surface area contributed by atoms with Gasteiger partial charge in [-0.15, -0.1) is 0 Å². The number of nitrogens with zero attached hydrogens (tertiary/aromatic N) is 2. The first-order valence-electron chi connectivity index (χ1n) is 7.52. The number of rotatable bonds is 6. The maximum Gasteiger partial charge on any atom is 0.129 e. The van der Waals surface area contributed by atoms with Crippen molar-refractivity contribution < 1.29 is 4.74 Å². The Morgan fingerprint density at radius 1 is 1.38 bits per heavy atom. The maximum absolute atomic E-state index is 5.84. The van der Waals surface area contributed by atoms with Crippen molar-refractivity contribution in [1.82, 2.24) is 9.80 Å². The second-order valence-electron chi connectivity index (χ2n) is 5.71. The molecule has 1 unspecified atom stereocenters. The van der Waals surface area contributed by atoms with E-state index in [1.807, 2.05) is 24.3 Å². The van der Waals surface area contributed by atoms with E-state index >= 15 is 0 Å². The minimum Gasteiger partial charge on any atom is -0.493 e. The van der Waals surface area contributed by atoms with E-state index in [-0.39, 0.29) is 0 Å². The summed E-state index contributed by atoms with van der Waals surface area (Å²) in [6, 6.07) is 8.31. The van der Waals surface area contributed by atoms with E-state index in [1.165, 1.54) is 0 Å². The lowest BCUT2D eigenvalue weighted by molar-refractivity contribution is 0.0945. The van der Waals surface area contributed by atoms with Crippen LogP contribution in [0, 0.1) is 0 Å². The molecule has 4 nitrogen and oxygen atoms in total. The minimum absolute atomic E-state index is 0.387. The van der Waals surface area contributed by atoms with Gasteiger partial charge in [-0.3, -0.25) is 4.90 Å². The molecule has 1 saturated heterocycles. The van der Waals surface area contributed by atoms with Crippen LogP contribution in [0.2, 0.25) is 0 Å². The third kappa shape index (κ3) is 4.66. The third-order valence-corrected chi connectivity index (χ3v) is 4.19. The summed E-state index contributed by atoms with van der Waals surface area (Å²) in [6.45, 7) is 7.49. The van der Waals surface area contributed by atoms with Gasteiger partial charge in [0, 0.05) is 32.2 Å². The SMILES string of the molecule is CC1CN(C)CCN1CCCOc1ccccc1C(N)=S. The van der Waals surface area contributed by atoms with E-state index in [4.69, 9.17) is 22.7 Å². The van der Waals surface area contributed by atoms with Crippen molar-refractivity contribution in [3.63, 3.8) is 0 Å². The lowest BCUT2D eigenvalue weighted by Crippen LogP contribution is -2.50. The summed E-state index contributed by atoms with van der Waals surface area (Å²) in [5.41, 5.74) is 6.53. The van der Waals surface area contributed by atoms with Gasteiger partial charge in [-0.25, -0.2) is 0 Å². The molecule has 0 spiro atoms. The summed E-state index contributed by atoms with van der Waals surface area (Å²) in [4.78, 5) is 5.30. The highest BCUT2D eigenvalue weighted by Gasteiger charge is 2.20. The summed E-state index contributed by atoms with van der Waals surface area (Å²) in [6.07, 6.45) is 1.01. The Labute approximate surface area is 132 Å². The van der Waals surface area contributed by atoms with Crippen molar-refractivity contribution in [2.24, 2.45) is 5.73 Å². The highest BCUT2D eigenvalue weighted by molar-refractivity contribution is 7.80. The molecule has 2 N–H and O–H groups in total. The second kappa shape index (κ2) is 7.73. The van der Waals surface area contributed by atoms with Crippen molar-refractivity contribution in [2.75, 3.05) is 39.8 Å². The molecule has 0 radical (unpaired) electrons. The normalized spacial score (nSPS) is 20.4. The van der Waals surface area contributed by atoms with E-state index < -0.39 is 0 Å². The van der Waals surface area contributed by atoms with Crippen molar-refractivity contribution in [1.29, 1.82) is 0 Å². The van der Waals surface area contributed by atoms with Crippen molar-refractivity contribution in [3.8, 4) is 5.75 Å². The van der Waals surface area contributed by atoms with Gasteiger partial charge < -0.3 is 15.4 Å². The molecule has 116 valence electrons. The Morgan fingerprint density at radius 3 is 2.86 bits per heavy atom. The van der Waals surface area contributed by atoms with Gasteiger partial charge in [-0.1, -0.05) is 24.4 Å². The molecule has 1 aliphatic heterocycles. The van der Waals surface area contributed by atoms with Gasteiger partial charge in [0.2, 0.25) is 0 Å². The van der Waals surface area contributed by atoms with E-state index in [0.29, 0.717) is 17.6 Å². The Kier molecular flexibility index (Phi) is 5.96. The van der Waals surface area contributed by atoms with E-state index in [2.05, 4.69) is 23.8 Å². The van der Waals surface area contributed by atoms with Crippen LogP contribution in [0.4, 0.5) is 0 Å². The first kappa shape index (κ1) is 16.2. The van der Waals surface area contributed by atoms with Crippen LogP contribution < -0.4 is 10.5 Å². The van der Waals surface area contributed by atoms with Gasteiger partial charge >= 0.3 is 0 Å². The monoisotopic (exact) mass is 307 g/mol. The summed E-state index contributed by atoms with van der Waals surface area (Å²) >= 11 is 5.04. The highest BCUT2D eigenvalue weighted by atomic mass is 32.1. The fraction of sp³-hybridized carbons (Fsp3) is 0.562. The second-order valence-corrected chi connectivity index (χ2v) is 6.15. The van der Waals surface area contributed by atoms with E-state index in [1.54, 1.807) is 0 Å². The molecular formula is C16H25N3OS. The number of para-hydroxylation sites is 1. The molecule has 1 aromatic rings. The van der Waals surface area contributed by atoms with Crippen molar-refractivity contribution in [3.05, 3.63) is 29.8 Å². The number of hydrogen-bond donors (Lipinski definition) is 1. The number of nitrogens with two attached hydrogens (primary N) is 1. The molecule has 0 aliphatic carbocycles. The lowest BCUT2D eigenvalue weighted by Gasteiger charge is -2.38. The quantitative estimate of drug-likeness (QED) is 0.640. The van der Waals surface area contributed by atoms with E-state index in [9.17, 15) is 0 Å². The number of benzene rings is 1. The first-order valence-corrected chi connectivity index (χ1v) is 7.93. The summed E-state index contributed by atoms with van der Waals surface area (Å²) < 4.78 is 5.84. The topological polar surface area (TPSA) is 41.7 Å². The molecule has 2 rings (SSSR count). The average Bonchev–Trinajstić information content (AvgIpc) is 2.45. The number of hydrogen-bond acceptors (Lipinski definition) is 4. The van der Waals surface area contributed by atoms with Crippen LogP contribution in [0.15, 0.2) is 24.3 Å². The lowest BCUT2D eigenvalue weighted by atomic mass is 10.2. The molecule has 0 amide bonds. The van der Waals surface area contributed by atoms with Gasteiger partial charge in [0.05, 0.1) is 12.2 Å². The Balaban J connectivity index is 1.76. The van der Waals surface area contributed by atoms with Gasteiger partial charge in [0.15, 0.2) is 0 Å². The van der Waals surface area contributed by atoms with Crippen LogP contribution in [-0.2, 0) is 0 Å². The number of thiocarbonyl (C=S) groups is 1. The average molecular weight is 307 g/mol. The molecule has 0 bridgehead atoms. The first-order chi connectivity index (χ1) is 10.1. The molecule has 1 fully saturated rings. The zero-order valence-electron chi connectivity index (χ0n) is 12.9. The standard InChI is InChI=1S/C16H25N3OS/c1-13-12-18(2)9-10-19(13)8-5-11-20-15-7-4-3-6-14(15)16(17)21/h3-4,6-7,13H,5,8-12H2,1-2H3,(H2,17,21). The van der Waals surface area contributed by atoms with Crippen LogP contribution in [0.25, 0.3) is 0 Å². The Morgan fingerprint density at radius 2 is 2.14 bits per heavy atom. The predicted octanol–water partition coefficient (Wildman–Crippen LogP) is 1.73. The molecule has 21 heavy (non-hydrogen) atoms. The fourth-order valence-corrected chi connectivity index (χ4v) is 2.92. The van der Waals surface area contributed by atoms with Gasteiger partial charge in [0.1, 0.15) is 10.7 Å². The van der Waals surface area contributed by atoms with Crippen LogP contribution >= 0.6 is 12.2 Å². The van der Waals surface area contributed by atoms with Gasteiger partial charge in [0.25, 0.3) is 0 Å². The number of piperazine rings is 1. The molecule has 0 aromatic heterocycles. The zero-order chi connectivity index (χ0) is 15.2. The van der Waals surface area contributed by atoms with Crippen molar-refractivity contribution >= 4 is 17.2 Å². The summed E-state index contributed by atoms with van der Waals surface area (Å²) in [5.74, 6) is 0.788. The minimum atomic E-state index is 0.387.